The Bertz CT molecular complexity index is 643. The summed E-state index contributed by atoms with van der Waals surface area (Å²) in [6, 6.07) is 5.10. The first-order valence-electron chi connectivity index (χ1n) is 5.86. The number of amides is 1. The molecule has 1 aromatic heterocycles. The molecule has 0 spiro atoms. The summed E-state index contributed by atoms with van der Waals surface area (Å²) in [5.74, 6) is 0.798. The van der Waals surface area contributed by atoms with E-state index in [1.807, 2.05) is 13.8 Å². The van der Waals surface area contributed by atoms with E-state index in [-0.39, 0.29) is 12.5 Å². The van der Waals surface area contributed by atoms with Crippen LogP contribution in [0.15, 0.2) is 22.7 Å². The molecule has 0 unspecified atom stereocenters. The smallest absolute Gasteiger partial charge is 0.263 e. The van der Waals surface area contributed by atoms with Gasteiger partial charge in [-0.3, -0.25) is 9.89 Å². The lowest BCUT2D eigenvalue weighted by molar-refractivity contribution is -0.118. The van der Waals surface area contributed by atoms with Gasteiger partial charge >= 0.3 is 0 Å². The summed E-state index contributed by atoms with van der Waals surface area (Å²) in [7, 11) is 0. The first-order chi connectivity index (χ1) is 9.47. The Morgan fingerprint density at radius 3 is 2.85 bits per heavy atom. The molecule has 1 aromatic carbocycles. The normalized spacial score (nSPS) is 10.4. The maximum absolute atomic E-state index is 11.8. The zero-order valence-corrected chi connectivity index (χ0v) is 13.3. The number of hydrogen-bond donors (Lipinski definition) is 2. The molecule has 0 fully saturated rings. The lowest BCUT2D eigenvalue weighted by Gasteiger charge is -2.08. The highest BCUT2D eigenvalue weighted by Gasteiger charge is 2.11. The molecule has 7 heteroatoms. The molecule has 0 saturated carbocycles. The number of aromatic amines is 1. The van der Waals surface area contributed by atoms with Crippen LogP contribution in [0.4, 0.5) is 5.82 Å². The summed E-state index contributed by atoms with van der Waals surface area (Å²) in [5.41, 5.74) is 1.83. The standard InChI is InChI=1S/C13H13BrClN3O2/c1-7-8(2)17-18-13(7)16-12(19)6-20-11-4-3-9(15)5-10(11)14/h3-5H,6H2,1-2H3,(H2,16,17,18,19). The van der Waals surface area contributed by atoms with Gasteiger partial charge in [0.2, 0.25) is 0 Å². The maximum Gasteiger partial charge on any atom is 0.263 e. The molecule has 1 amide bonds. The van der Waals surface area contributed by atoms with Crippen molar-refractivity contribution in [3.05, 3.63) is 39.0 Å². The molecule has 0 saturated heterocycles. The summed E-state index contributed by atoms with van der Waals surface area (Å²) in [4.78, 5) is 11.8. The molecule has 0 radical (unpaired) electrons. The molecule has 0 aliphatic heterocycles. The van der Waals surface area contributed by atoms with Gasteiger partial charge in [0.05, 0.1) is 4.47 Å². The van der Waals surface area contributed by atoms with Gasteiger partial charge in [0.1, 0.15) is 5.75 Å². The molecule has 5 nitrogen and oxygen atoms in total. The van der Waals surface area contributed by atoms with Crippen molar-refractivity contribution in [3.8, 4) is 5.75 Å². The largest absolute Gasteiger partial charge is 0.483 e. The molecule has 0 aliphatic rings. The molecule has 106 valence electrons. The lowest BCUT2D eigenvalue weighted by Crippen LogP contribution is -2.20. The van der Waals surface area contributed by atoms with E-state index in [1.54, 1.807) is 18.2 Å². The SMILES string of the molecule is Cc1[nH]nc(NC(=O)COc2ccc(Cl)cc2Br)c1C. The number of H-pyrrole nitrogens is 1. The van der Waals surface area contributed by atoms with Crippen LogP contribution in [0.5, 0.6) is 5.75 Å². The minimum atomic E-state index is -0.276. The summed E-state index contributed by atoms with van der Waals surface area (Å²) in [5, 5.41) is 10.1. The van der Waals surface area contributed by atoms with Crippen molar-refractivity contribution in [3.63, 3.8) is 0 Å². The van der Waals surface area contributed by atoms with E-state index < -0.39 is 0 Å². The summed E-state index contributed by atoms with van der Waals surface area (Å²) in [6.45, 7) is 3.66. The second-order valence-corrected chi connectivity index (χ2v) is 5.52. The van der Waals surface area contributed by atoms with Crippen molar-refractivity contribution in [2.45, 2.75) is 13.8 Å². The van der Waals surface area contributed by atoms with E-state index in [4.69, 9.17) is 16.3 Å². The van der Waals surface area contributed by atoms with E-state index in [9.17, 15) is 4.79 Å². The van der Waals surface area contributed by atoms with Gasteiger partial charge < -0.3 is 10.1 Å². The number of anilines is 1. The summed E-state index contributed by atoms with van der Waals surface area (Å²) in [6.07, 6.45) is 0. The summed E-state index contributed by atoms with van der Waals surface area (Å²) < 4.78 is 6.12. The van der Waals surface area contributed by atoms with Gasteiger partial charge in [-0.15, -0.1) is 0 Å². The predicted octanol–water partition coefficient (Wildman–Crippen LogP) is 3.46. The van der Waals surface area contributed by atoms with Crippen LogP contribution in [0, 0.1) is 13.8 Å². The molecule has 2 N–H and O–H groups in total. The average molecular weight is 359 g/mol. The fourth-order valence-corrected chi connectivity index (χ4v) is 2.31. The highest BCUT2D eigenvalue weighted by Crippen LogP contribution is 2.27. The topological polar surface area (TPSA) is 67.0 Å². The van der Waals surface area contributed by atoms with E-state index in [0.717, 1.165) is 11.3 Å². The number of carbonyl (C=O) groups excluding carboxylic acids is 1. The fraction of sp³-hybridized carbons (Fsp3) is 0.231. The first-order valence-corrected chi connectivity index (χ1v) is 7.03. The van der Waals surface area contributed by atoms with Crippen molar-refractivity contribution in [2.24, 2.45) is 0 Å². The van der Waals surface area contributed by atoms with Gasteiger partial charge in [-0.25, -0.2) is 0 Å². The highest BCUT2D eigenvalue weighted by molar-refractivity contribution is 9.10. The van der Waals surface area contributed by atoms with E-state index >= 15 is 0 Å². The Kier molecular flexibility index (Phi) is 4.67. The maximum atomic E-state index is 11.8. The number of nitrogens with one attached hydrogen (secondary N) is 2. The van der Waals surface area contributed by atoms with Gasteiger partial charge in [0.15, 0.2) is 12.4 Å². The van der Waals surface area contributed by atoms with Gasteiger partial charge in [0, 0.05) is 16.3 Å². The number of benzene rings is 1. The second kappa shape index (κ2) is 6.28. The Hall–Kier alpha value is -1.53. The average Bonchev–Trinajstić information content (AvgIpc) is 2.70. The Labute approximate surface area is 129 Å². The Morgan fingerprint density at radius 2 is 2.25 bits per heavy atom. The van der Waals surface area contributed by atoms with Crippen LogP contribution in [-0.4, -0.2) is 22.7 Å². The number of halogens is 2. The van der Waals surface area contributed by atoms with Crippen molar-refractivity contribution in [1.29, 1.82) is 0 Å². The van der Waals surface area contributed by atoms with Crippen molar-refractivity contribution in [2.75, 3.05) is 11.9 Å². The molecule has 20 heavy (non-hydrogen) atoms. The number of hydrogen-bond acceptors (Lipinski definition) is 3. The molecular weight excluding hydrogens is 346 g/mol. The third kappa shape index (κ3) is 3.52. The molecule has 2 aromatic rings. The van der Waals surface area contributed by atoms with E-state index in [2.05, 4.69) is 31.4 Å². The monoisotopic (exact) mass is 357 g/mol. The quantitative estimate of drug-likeness (QED) is 0.879. The number of nitrogens with zero attached hydrogens (tertiary/aromatic N) is 1. The van der Waals surface area contributed by atoms with Gasteiger partial charge in [0.25, 0.3) is 5.91 Å². The number of aromatic nitrogens is 2. The van der Waals surface area contributed by atoms with Crippen LogP contribution in [-0.2, 0) is 4.79 Å². The minimum absolute atomic E-state index is 0.106. The third-order valence-electron chi connectivity index (χ3n) is 2.76. The Balaban J connectivity index is 1.94. The van der Waals surface area contributed by atoms with Crippen LogP contribution in [0.1, 0.15) is 11.3 Å². The third-order valence-corrected chi connectivity index (χ3v) is 3.62. The van der Waals surface area contributed by atoms with Gasteiger partial charge in [-0.2, -0.15) is 5.10 Å². The Morgan fingerprint density at radius 1 is 1.50 bits per heavy atom. The van der Waals surface area contributed by atoms with Crippen LogP contribution in [0.2, 0.25) is 5.02 Å². The van der Waals surface area contributed by atoms with Crippen molar-refractivity contribution >= 4 is 39.3 Å². The predicted molar refractivity (Wildman–Crippen MR) is 81.3 cm³/mol. The second-order valence-electron chi connectivity index (χ2n) is 4.23. The van der Waals surface area contributed by atoms with Crippen LogP contribution < -0.4 is 10.1 Å². The number of carbonyl (C=O) groups is 1. The van der Waals surface area contributed by atoms with Crippen molar-refractivity contribution in [1.82, 2.24) is 10.2 Å². The molecular formula is C13H13BrClN3O2. The lowest BCUT2D eigenvalue weighted by atomic mass is 10.3. The van der Waals surface area contributed by atoms with Crippen molar-refractivity contribution < 1.29 is 9.53 Å². The zero-order valence-electron chi connectivity index (χ0n) is 11.0. The molecule has 0 atom stereocenters. The fourth-order valence-electron chi connectivity index (χ4n) is 1.51. The van der Waals surface area contributed by atoms with Crippen LogP contribution in [0.25, 0.3) is 0 Å². The number of ether oxygens (including phenoxy) is 1. The van der Waals surface area contributed by atoms with E-state index in [1.165, 1.54) is 0 Å². The molecule has 0 aliphatic carbocycles. The first kappa shape index (κ1) is 14.9. The summed E-state index contributed by atoms with van der Waals surface area (Å²) >= 11 is 9.15. The van der Waals surface area contributed by atoms with E-state index in [0.29, 0.717) is 21.1 Å². The number of rotatable bonds is 4. The van der Waals surface area contributed by atoms with Gasteiger partial charge in [-0.1, -0.05) is 11.6 Å². The molecule has 2 rings (SSSR count). The van der Waals surface area contributed by atoms with Crippen LogP contribution >= 0.6 is 27.5 Å². The highest BCUT2D eigenvalue weighted by atomic mass is 79.9. The van der Waals surface area contributed by atoms with Crippen LogP contribution in [0.3, 0.4) is 0 Å². The number of aryl methyl sites for hydroxylation is 1. The van der Waals surface area contributed by atoms with Gasteiger partial charge in [-0.05, 0) is 48.0 Å². The zero-order chi connectivity index (χ0) is 14.7. The minimum Gasteiger partial charge on any atom is -0.483 e. The molecule has 0 bridgehead atoms. The molecule has 1 heterocycles.